The Kier molecular flexibility index (Phi) is 6.11. The van der Waals surface area contributed by atoms with Gasteiger partial charge in [-0.25, -0.2) is 0 Å². The molecule has 6 heteroatoms. The molecule has 100 valence electrons. The summed E-state index contributed by atoms with van der Waals surface area (Å²) >= 11 is 5.13. The van der Waals surface area contributed by atoms with E-state index in [9.17, 15) is 0 Å². The van der Waals surface area contributed by atoms with Crippen molar-refractivity contribution in [3.05, 3.63) is 0 Å². The number of thiocarbonyl (C=S) groups is 1. The van der Waals surface area contributed by atoms with Crippen LogP contribution in [0.25, 0.3) is 0 Å². The molecule has 1 fully saturated rings. The third-order valence-electron chi connectivity index (χ3n) is 3.23. The molecule has 1 aliphatic carbocycles. The van der Waals surface area contributed by atoms with Crippen LogP contribution in [0.4, 0.5) is 0 Å². The molecule has 0 amide bonds. The zero-order valence-electron chi connectivity index (χ0n) is 9.98. The maximum atomic E-state index is 9.16. The summed E-state index contributed by atoms with van der Waals surface area (Å²) in [6.07, 6.45) is 5.85. The van der Waals surface area contributed by atoms with Gasteiger partial charge >= 0.3 is 0 Å². The highest BCUT2D eigenvalue weighted by molar-refractivity contribution is 7.80. The molecule has 0 radical (unpaired) electrons. The van der Waals surface area contributed by atoms with Crippen LogP contribution < -0.4 is 10.6 Å². The van der Waals surface area contributed by atoms with Crippen molar-refractivity contribution in [1.29, 1.82) is 0 Å². The molecule has 5 nitrogen and oxygen atoms in total. The second-order valence-electron chi connectivity index (χ2n) is 4.69. The van der Waals surface area contributed by atoms with Gasteiger partial charge in [-0.15, -0.1) is 0 Å². The first-order valence-corrected chi connectivity index (χ1v) is 6.48. The summed E-state index contributed by atoms with van der Waals surface area (Å²) in [5.41, 5.74) is -1.14. The molecule has 0 aromatic heterocycles. The van der Waals surface area contributed by atoms with Crippen molar-refractivity contribution >= 4 is 17.3 Å². The van der Waals surface area contributed by atoms with Crippen molar-refractivity contribution in [2.24, 2.45) is 0 Å². The highest BCUT2D eigenvalue weighted by Gasteiger charge is 2.29. The van der Waals surface area contributed by atoms with E-state index in [1.807, 2.05) is 0 Å². The topological polar surface area (TPSA) is 84.8 Å². The molecule has 0 aromatic carbocycles. The van der Waals surface area contributed by atoms with Gasteiger partial charge in [-0.1, -0.05) is 19.3 Å². The van der Waals surface area contributed by atoms with Gasteiger partial charge in [0.15, 0.2) is 5.11 Å². The Morgan fingerprint density at radius 3 is 2.06 bits per heavy atom. The van der Waals surface area contributed by atoms with Crippen molar-refractivity contribution in [3.63, 3.8) is 0 Å². The molecule has 0 bridgehead atoms. The summed E-state index contributed by atoms with van der Waals surface area (Å²) in [7, 11) is 0. The first-order valence-electron chi connectivity index (χ1n) is 6.07. The largest absolute Gasteiger partial charge is 0.394 e. The van der Waals surface area contributed by atoms with Crippen LogP contribution in [-0.2, 0) is 0 Å². The predicted molar refractivity (Wildman–Crippen MR) is 69.7 cm³/mol. The van der Waals surface area contributed by atoms with Gasteiger partial charge in [0.2, 0.25) is 0 Å². The van der Waals surface area contributed by atoms with Crippen LogP contribution in [-0.4, -0.2) is 51.8 Å². The van der Waals surface area contributed by atoms with E-state index < -0.39 is 5.54 Å². The van der Waals surface area contributed by atoms with Gasteiger partial charge in [0, 0.05) is 6.04 Å². The van der Waals surface area contributed by atoms with Crippen LogP contribution >= 0.6 is 12.2 Å². The monoisotopic (exact) mass is 262 g/mol. The minimum atomic E-state index is -1.14. The van der Waals surface area contributed by atoms with Crippen molar-refractivity contribution in [1.82, 2.24) is 10.6 Å². The Morgan fingerprint density at radius 1 is 1.06 bits per heavy atom. The second-order valence-corrected chi connectivity index (χ2v) is 5.10. The van der Waals surface area contributed by atoms with Gasteiger partial charge in [-0.2, -0.15) is 0 Å². The number of aliphatic hydroxyl groups excluding tert-OH is 3. The van der Waals surface area contributed by atoms with Crippen molar-refractivity contribution in [2.75, 3.05) is 19.8 Å². The lowest BCUT2D eigenvalue weighted by Gasteiger charge is -2.32. The van der Waals surface area contributed by atoms with Gasteiger partial charge in [-0.05, 0) is 25.1 Å². The zero-order chi connectivity index (χ0) is 12.7. The Bertz CT molecular complexity index is 233. The van der Waals surface area contributed by atoms with Crippen molar-refractivity contribution in [3.8, 4) is 0 Å². The van der Waals surface area contributed by atoms with E-state index in [-0.39, 0.29) is 19.8 Å². The number of aliphatic hydroxyl groups is 3. The summed E-state index contributed by atoms with van der Waals surface area (Å²) in [6.45, 7) is -1.11. The molecule has 17 heavy (non-hydrogen) atoms. The normalized spacial score (nSPS) is 17.8. The fourth-order valence-corrected chi connectivity index (χ4v) is 2.36. The predicted octanol–water partition coefficient (Wildman–Crippen LogP) is -0.501. The molecule has 0 unspecified atom stereocenters. The van der Waals surface area contributed by atoms with E-state index in [4.69, 9.17) is 27.5 Å². The third kappa shape index (κ3) is 4.39. The lowest BCUT2D eigenvalue weighted by atomic mass is 9.96. The summed E-state index contributed by atoms with van der Waals surface area (Å²) in [6, 6.07) is 0.359. The molecule has 1 rings (SSSR count). The molecule has 0 aromatic rings. The molecule has 0 saturated heterocycles. The number of rotatable bonds is 5. The van der Waals surface area contributed by atoms with Crippen molar-refractivity contribution in [2.45, 2.75) is 43.7 Å². The molecule has 1 saturated carbocycles. The number of nitrogens with one attached hydrogen (secondary N) is 2. The summed E-state index contributed by atoms with van der Waals surface area (Å²) < 4.78 is 0. The van der Waals surface area contributed by atoms with Gasteiger partial charge in [0.1, 0.15) is 5.54 Å². The fraction of sp³-hybridized carbons (Fsp3) is 0.909. The minimum absolute atomic E-state index is 0.359. The highest BCUT2D eigenvalue weighted by atomic mass is 32.1. The molecule has 5 N–H and O–H groups in total. The van der Waals surface area contributed by atoms with Crippen LogP contribution in [0.5, 0.6) is 0 Å². The zero-order valence-corrected chi connectivity index (χ0v) is 10.8. The van der Waals surface area contributed by atoms with Gasteiger partial charge in [0.25, 0.3) is 0 Å². The van der Waals surface area contributed by atoms with Crippen LogP contribution in [0.1, 0.15) is 32.1 Å². The Hall–Kier alpha value is -0.430. The average molecular weight is 262 g/mol. The SMILES string of the molecule is OCC(CO)(CO)NC(=S)NC1CCCCC1. The van der Waals surface area contributed by atoms with Crippen LogP contribution in [0, 0.1) is 0 Å². The maximum absolute atomic E-state index is 9.16. The molecule has 0 aliphatic heterocycles. The molecule has 1 aliphatic rings. The lowest BCUT2D eigenvalue weighted by Crippen LogP contribution is -2.60. The molecular weight excluding hydrogens is 240 g/mol. The van der Waals surface area contributed by atoms with Crippen LogP contribution in [0.2, 0.25) is 0 Å². The quantitative estimate of drug-likeness (QED) is 0.430. The van der Waals surface area contributed by atoms with E-state index in [0.717, 1.165) is 12.8 Å². The third-order valence-corrected chi connectivity index (χ3v) is 3.45. The van der Waals surface area contributed by atoms with Gasteiger partial charge < -0.3 is 26.0 Å². The molecule has 0 spiro atoms. The summed E-state index contributed by atoms with van der Waals surface area (Å²) in [5, 5.41) is 33.8. The fourth-order valence-electron chi connectivity index (χ4n) is 1.98. The van der Waals surface area contributed by atoms with E-state index in [0.29, 0.717) is 11.2 Å². The Labute approximate surface area is 107 Å². The molecule has 0 heterocycles. The van der Waals surface area contributed by atoms with E-state index in [2.05, 4.69) is 10.6 Å². The number of hydrogen-bond acceptors (Lipinski definition) is 4. The molecular formula is C11H22N2O3S. The van der Waals surface area contributed by atoms with Gasteiger partial charge in [0.05, 0.1) is 19.8 Å². The van der Waals surface area contributed by atoms with Crippen LogP contribution in [0.3, 0.4) is 0 Å². The van der Waals surface area contributed by atoms with Crippen LogP contribution in [0.15, 0.2) is 0 Å². The highest BCUT2D eigenvalue weighted by Crippen LogP contribution is 2.17. The maximum Gasteiger partial charge on any atom is 0.167 e. The van der Waals surface area contributed by atoms with E-state index in [1.54, 1.807) is 0 Å². The average Bonchev–Trinajstić information content (AvgIpc) is 2.37. The Balaban J connectivity index is 2.41. The smallest absolute Gasteiger partial charge is 0.167 e. The first-order chi connectivity index (χ1) is 8.15. The summed E-state index contributed by atoms with van der Waals surface area (Å²) in [4.78, 5) is 0. The Morgan fingerprint density at radius 2 is 1.59 bits per heavy atom. The lowest BCUT2D eigenvalue weighted by molar-refractivity contribution is 0.0555. The molecule has 0 atom stereocenters. The number of hydrogen-bond donors (Lipinski definition) is 5. The van der Waals surface area contributed by atoms with E-state index in [1.165, 1.54) is 19.3 Å². The second kappa shape index (κ2) is 7.10. The van der Waals surface area contributed by atoms with E-state index >= 15 is 0 Å². The first kappa shape index (κ1) is 14.6. The van der Waals surface area contributed by atoms with Crippen molar-refractivity contribution < 1.29 is 15.3 Å². The standard InChI is InChI=1S/C11H22N2O3S/c14-6-11(7-15,8-16)13-10(17)12-9-4-2-1-3-5-9/h9,14-16H,1-8H2,(H2,12,13,17). The van der Waals surface area contributed by atoms with Gasteiger partial charge in [-0.3, -0.25) is 0 Å². The summed E-state index contributed by atoms with van der Waals surface area (Å²) in [5.74, 6) is 0. The minimum Gasteiger partial charge on any atom is -0.394 e.